The lowest BCUT2D eigenvalue weighted by atomic mass is 9.72. The van der Waals surface area contributed by atoms with Crippen molar-refractivity contribution in [3.63, 3.8) is 0 Å². The number of nitrogens with one attached hydrogen (secondary N) is 2. The molecule has 0 bridgehead atoms. The molecule has 0 saturated heterocycles. The number of thiophene rings is 1. The second-order valence-electron chi connectivity index (χ2n) is 5.79. The summed E-state index contributed by atoms with van der Waals surface area (Å²) >= 11 is 1.72. The molecule has 3 nitrogen and oxygen atoms in total. The van der Waals surface area contributed by atoms with Crippen LogP contribution in [0.15, 0.2) is 17.5 Å². The Morgan fingerprint density at radius 2 is 2.10 bits per heavy atom. The first-order valence-electron chi connectivity index (χ1n) is 7.74. The van der Waals surface area contributed by atoms with Crippen molar-refractivity contribution in [2.24, 2.45) is 0 Å². The van der Waals surface area contributed by atoms with Gasteiger partial charge in [-0.3, -0.25) is 4.79 Å². The minimum atomic E-state index is -0.266. The van der Waals surface area contributed by atoms with Crippen molar-refractivity contribution < 1.29 is 4.79 Å². The summed E-state index contributed by atoms with van der Waals surface area (Å²) in [6.07, 6.45) is 5.57. The Hall–Kier alpha value is -0.580. The van der Waals surface area contributed by atoms with Crippen molar-refractivity contribution in [3.05, 3.63) is 22.4 Å². The van der Waals surface area contributed by atoms with Gasteiger partial charge in [-0.05, 0) is 37.8 Å². The van der Waals surface area contributed by atoms with Gasteiger partial charge in [0.1, 0.15) is 0 Å². The van der Waals surface area contributed by atoms with Crippen molar-refractivity contribution in [1.29, 1.82) is 0 Å². The number of hydrogen-bond donors (Lipinski definition) is 2. The van der Waals surface area contributed by atoms with Gasteiger partial charge in [0, 0.05) is 17.5 Å². The molecular weight excluding hydrogens is 304 g/mol. The van der Waals surface area contributed by atoms with E-state index >= 15 is 0 Å². The highest BCUT2D eigenvalue weighted by molar-refractivity contribution is 7.10. The zero-order chi connectivity index (χ0) is 14.4. The summed E-state index contributed by atoms with van der Waals surface area (Å²) in [5.41, 5.74) is -0.266. The maximum Gasteiger partial charge on any atom is 0.231 e. The third-order valence-electron chi connectivity index (χ3n) is 4.26. The van der Waals surface area contributed by atoms with Gasteiger partial charge in [-0.2, -0.15) is 0 Å². The van der Waals surface area contributed by atoms with Crippen LogP contribution in [0.4, 0.5) is 0 Å². The first-order valence-corrected chi connectivity index (χ1v) is 8.62. The monoisotopic (exact) mass is 330 g/mol. The second kappa shape index (κ2) is 8.76. The Kier molecular flexibility index (Phi) is 7.71. The third-order valence-corrected chi connectivity index (χ3v) is 5.33. The lowest BCUT2D eigenvalue weighted by Gasteiger charge is -2.35. The van der Waals surface area contributed by atoms with E-state index in [2.05, 4.69) is 42.0 Å². The zero-order valence-electron chi connectivity index (χ0n) is 13.0. The highest BCUT2D eigenvalue weighted by Crippen LogP contribution is 2.41. The Morgan fingerprint density at radius 1 is 1.38 bits per heavy atom. The van der Waals surface area contributed by atoms with E-state index in [4.69, 9.17) is 0 Å². The van der Waals surface area contributed by atoms with E-state index < -0.39 is 0 Å². The molecule has 2 N–H and O–H groups in total. The molecule has 120 valence electrons. The van der Waals surface area contributed by atoms with Crippen molar-refractivity contribution in [2.45, 2.75) is 57.4 Å². The average molecular weight is 331 g/mol. The van der Waals surface area contributed by atoms with E-state index in [-0.39, 0.29) is 23.7 Å². The Morgan fingerprint density at radius 3 is 2.67 bits per heavy atom. The number of likely N-dealkylation sites (N-methyl/N-ethyl adjacent to an activating group) is 1. The third kappa shape index (κ3) is 4.44. The van der Waals surface area contributed by atoms with Crippen LogP contribution in [-0.4, -0.2) is 25.0 Å². The summed E-state index contributed by atoms with van der Waals surface area (Å²) in [7, 11) is 0. The van der Waals surface area contributed by atoms with Crippen LogP contribution in [0.1, 0.15) is 50.8 Å². The van der Waals surface area contributed by atoms with Gasteiger partial charge < -0.3 is 10.6 Å². The van der Waals surface area contributed by atoms with E-state index in [0.29, 0.717) is 12.6 Å². The predicted octanol–water partition coefficient (Wildman–Crippen LogP) is 3.49. The van der Waals surface area contributed by atoms with Crippen LogP contribution < -0.4 is 10.6 Å². The smallest absolute Gasteiger partial charge is 0.231 e. The number of carbonyl (C=O) groups excluding carboxylic acids is 1. The molecule has 1 aromatic rings. The fraction of sp³-hybridized carbons (Fsp3) is 0.688. The van der Waals surface area contributed by atoms with E-state index in [9.17, 15) is 4.79 Å². The van der Waals surface area contributed by atoms with Crippen molar-refractivity contribution in [2.75, 3.05) is 13.1 Å². The van der Waals surface area contributed by atoms with Crippen LogP contribution in [0.25, 0.3) is 0 Å². The van der Waals surface area contributed by atoms with Gasteiger partial charge in [-0.15, -0.1) is 23.7 Å². The molecule has 1 heterocycles. The van der Waals surface area contributed by atoms with Crippen LogP contribution in [-0.2, 0) is 10.2 Å². The maximum atomic E-state index is 12.8. The highest BCUT2D eigenvalue weighted by atomic mass is 35.5. The van der Waals surface area contributed by atoms with E-state index in [1.54, 1.807) is 11.3 Å². The molecular formula is C16H27ClN2OS. The summed E-state index contributed by atoms with van der Waals surface area (Å²) in [5.74, 6) is 0.226. The number of rotatable bonds is 6. The average Bonchev–Trinajstić information content (AvgIpc) is 3.00. The van der Waals surface area contributed by atoms with Gasteiger partial charge in [0.15, 0.2) is 0 Å². The van der Waals surface area contributed by atoms with Gasteiger partial charge >= 0.3 is 0 Å². The highest BCUT2D eigenvalue weighted by Gasteiger charge is 2.41. The molecule has 0 radical (unpaired) electrons. The quantitative estimate of drug-likeness (QED) is 0.838. The summed E-state index contributed by atoms with van der Waals surface area (Å²) in [5, 5.41) is 8.59. The van der Waals surface area contributed by atoms with E-state index in [1.807, 2.05) is 0 Å². The van der Waals surface area contributed by atoms with Gasteiger partial charge in [0.2, 0.25) is 5.91 Å². The molecule has 0 unspecified atom stereocenters. The fourth-order valence-electron chi connectivity index (χ4n) is 3.13. The van der Waals surface area contributed by atoms with Crippen molar-refractivity contribution >= 4 is 29.7 Å². The summed E-state index contributed by atoms with van der Waals surface area (Å²) < 4.78 is 0. The summed E-state index contributed by atoms with van der Waals surface area (Å²) in [4.78, 5) is 14.0. The van der Waals surface area contributed by atoms with Crippen LogP contribution in [0.3, 0.4) is 0 Å². The van der Waals surface area contributed by atoms with Crippen LogP contribution >= 0.6 is 23.7 Å². The van der Waals surface area contributed by atoms with Crippen molar-refractivity contribution in [3.8, 4) is 0 Å². The fourth-order valence-corrected chi connectivity index (χ4v) is 4.11. The molecule has 21 heavy (non-hydrogen) atoms. The van der Waals surface area contributed by atoms with Gasteiger partial charge in [-0.25, -0.2) is 0 Å². The minimum absolute atomic E-state index is 0. The summed E-state index contributed by atoms with van der Waals surface area (Å²) in [6.45, 7) is 5.85. The molecule has 1 fully saturated rings. The normalized spacial score (nSPS) is 18.6. The molecule has 1 aromatic heterocycles. The van der Waals surface area contributed by atoms with E-state index in [1.165, 1.54) is 11.3 Å². The molecule has 0 spiro atoms. The predicted molar refractivity (Wildman–Crippen MR) is 92.5 cm³/mol. The van der Waals surface area contributed by atoms with Crippen LogP contribution in [0.2, 0.25) is 0 Å². The molecule has 2 rings (SSSR count). The van der Waals surface area contributed by atoms with Gasteiger partial charge in [-0.1, -0.05) is 32.3 Å². The molecule has 5 heteroatoms. The molecule has 0 aliphatic heterocycles. The zero-order valence-corrected chi connectivity index (χ0v) is 14.6. The van der Waals surface area contributed by atoms with Crippen LogP contribution in [0.5, 0.6) is 0 Å². The molecule has 1 atom stereocenters. The van der Waals surface area contributed by atoms with Crippen molar-refractivity contribution in [1.82, 2.24) is 10.6 Å². The van der Waals surface area contributed by atoms with Gasteiger partial charge in [0.25, 0.3) is 0 Å². The largest absolute Gasteiger partial charge is 0.354 e. The minimum Gasteiger partial charge on any atom is -0.354 e. The molecule has 1 amide bonds. The van der Waals surface area contributed by atoms with E-state index in [0.717, 1.165) is 32.2 Å². The molecule has 1 saturated carbocycles. The SMILES string of the molecule is CCN[C@H](C)CNC(=O)C1(c2cccs2)CCCCC1.Cl. The Bertz CT molecular complexity index is 416. The molecule has 1 aliphatic carbocycles. The maximum absolute atomic E-state index is 12.8. The lowest BCUT2D eigenvalue weighted by molar-refractivity contribution is -0.128. The Labute approximate surface area is 138 Å². The summed E-state index contributed by atoms with van der Waals surface area (Å²) in [6, 6.07) is 4.52. The molecule has 0 aromatic carbocycles. The molecule has 1 aliphatic rings. The first-order chi connectivity index (χ1) is 9.69. The number of halogens is 1. The first kappa shape index (κ1) is 18.5. The number of carbonyl (C=O) groups is 1. The number of hydrogen-bond acceptors (Lipinski definition) is 3. The lowest BCUT2D eigenvalue weighted by Crippen LogP contribution is -2.48. The standard InChI is InChI=1S/C16H26N2OS.ClH/c1-3-17-13(2)12-18-15(19)16(9-5-4-6-10-16)14-8-7-11-20-14;/h7-8,11,13,17H,3-6,9-10,12H2,1-2H3,(H,18,19);1H/t13-;/m1./s1. The number of amides is 1. The topological polar surface area (TPSA) is 41.1 Å². The second-order valence-corrected chi connectivity index (χ2v) is 6.74. The Balaban J connectivity index is 0.00000220. The van der Waals surface area contributed by atoms with Crippen LogP contribution in [0, 0.1) is 0 Å². The van der Waals surface area contributed by atoms with Gasteiger partial charge in [0.05, 0.1) is 5.41 Å².